The van der Waals surface area contributed by atoms with Crippen LogP contribution in [0.1, 0.15) is 62.8 Å². The Morgan fingerprint density at radius 2 is 1.68 bits per heavy atom. The van der Waals surface area contributed by atoms with E-state index in [4.69, 9.17) is 0 Å². The fourth-order valence-corrected chi connectivity index (χ4v) is 4.30. The first-order valence-electron chi connectivity index (χ1n) is 11.1. The van der Waals surface area contributed by atoms with Crippen LogP contribution in [0.2, 0.25) is 0 Å². The van der Waals surface area contributed by atoms with Gasteiger partial charge in [-0.3, -0.25) is 24.2 Å². The van der Waals surface area contributed by atoms with Gasteiger partial charge in [0.25, 0.3) is 17.7 Å². The summed E-state index contributed by atoms with van der Waals surface area (Å²) in [5.74, 6) is -0.608. The Kier molecular flexibility index (Phi) is 6.47. The summed E-state index contributed by atoms with van der Waals surface area (Å²) in [4.78, 5) is 43.9. The molecule has 6 nitrogen and oxygen atoms in total. The van der Waals surface area contributed by atoms with Gasteiger partial charge in [0.1, 0.15) is 0 Å². The predicted octanol–water partition coefficient (Wildman–Crippen LogP) is 3.43. The van der Waals surface area contributed by atoms with Crippen LogP contribution in [-0.2, 0) is 6.54 Å². The molecule has 0 unspecified atom stereocenters. The normalized spacial score (nSPS) is 17.1. The van der Waals surface area contributed by atoms with Gasteiger partial charge in [-0.15, -0.1) is 0 Å². The van der Waals surface area contributed by atoms with Crippen LogP contribution in [0.5, 0.6) is 0 Å². The van der Waals surface area contributed by atoms with Gasteiger partial charge in [-0.25, -0.2) is 0 Å². The molecule has 0 aromatic heterocycles. The summed E-state index contributed by atoms with van der Waals surface area (Å²) in [6.45, 7) is 6.43. The number of amides is 3. The molecule has 0 saturated carbocycles. The maximum absolute atomic E-state index is 13.2. The van der Waals surface area contributed by atoms with E-state index in [1.165, 1.54) is 10.5 Å². The average Bonchev–Trinajstić information content (AvgIpc) is 2.93. The van der Waals surface area contributed by atoms with E-state index >= 15 is 0 Å². The maximum atomic E-state index is 13.2. The molecule has 6 heteroatoms. The summed E-state index contributed by atoms with van der Waals surface area (Å²) in [7, 11) is 0. The Bertz CT molecular complexity index is 973. The van der Waals surface area contributed by atoms with E-state index in [2.05, 4.69) is 17.0 Å². The van der Waals surface area contributed by atoms with Gasteiger partial charge in [0.05, 0.1) is 11.1 Å². The van der Waals surface area contributed by atoms with Gasteiger partial charge in [0, 0.05) is 44.8 Å². The second-order valence-electron chi connectivity index (χ2n) is 8.28. The van der Waals surface area contributed by atoms with Crippen molar-refractivity contribution in [2.24, 2.45) is 0 Å². The Morgan fingerprint density at radius 1 is 0.903 bits per heavy atom. The molecule has 0 spiro atoms. The number of imide groups is 1. The molecule has 0 radical (unpaired) electrons. The lowest BCUT2D eigenvalue weighted by atomic mass is 10.0. The molecule has 2 aromatic rings. The van der Waals surface area contributed by atoms with E-state index in [0.29, 0.717) is 36.3 Å². The third-order valence-electron chi connectivity index (χ3n) is 6.08. The van der Waals surface area contributed by atoms with E-state index in [-0.39, 0.29) is 17.7 Å². The highest BCUT2D eigenvalue weighted by atomic mass is 16.2. The second kappa shape index (κ2) is 9.43. The van der Waals surface area contributed by atoms with Gasteiger partial charge in [-0.2, -0.15) is 0 Å². The number of carbonyl (C=O) groups is 3. The summed E-state index contributed by atoms with van der Waals surface area (Å²) in [5.41, 5.74) is 2.51. The topological polar surface area (TPSA) is 60.9 Å². The number of carbonyl (C=O) groups excluding carboxylic acids is 3. The van der Waals surface area contributed by atoms with Gasteiger partial charge >= 0.3 is 0 Å². The highest BCUT2D eigenvalue weighted by molar-refractivity contribution is 6.22. The zero-order valence-electron chi connectivity index (χ0n) is 18.0. The Morgan fingerprint density at radius 3 is 2.45 bits per heavy atom. The molecule has 0 atom stereocenters. The fourth-order valence-electron chi connectivity index (χ4n) is 4.30. The van der Waals surface area contributed by atoms with Gasteiger partial charge in [-0.05, 0) is 36.6 Å². The number of rotatable bonds is 6. The lowest BCUT2D eigenvalue weighted by Gasteiger charge is -2.22. The molecule has 4 rings (SSSR count). The highest BCUT2D eigenvalue weighted by Gasteiger charge is 2.35. The van der Waals surface area contributed by atoms with Crippen LogP contribution in [0.15, 0.2) is 48.5 Å². The average molecular weight is 420 g/mol. The van der Waals surface area contributed by atoms with Gasteiger partial charge in [0.15, 0.2) is 0 Å². The van der Waals surface area contributed by atoms with Crippen molar-refractivity contribution in [2.45, 2.75) is 32.7 Å². The first kappa shape index (κ1) is 21.2. The molecule has 2 aliphatic heterocycles. The summed E-state index contributed by atoms with van der Waals surface area (Å²) in [6, 6.07) is 15.3. The van der Waals surface area contributed by atoms with Crippen molar-refractivity contribution in [3.05, 3.63) is 70.8 Å². The third kappa shape index (κ3) is 4.54. The molecule has 31 heavy (non-hydrogen) atoms. The van der Waals surface area contributed by atoms with Crippen LogP contribution in [0.25, 0.3) is 0 Å². The Labute approximate surface area is 183 Å². The predicted molar refractivity (Wildman–Crippen MR) is 119 cm³/mol. The minimum Gasteiger partial charge on any atom is -0.337 e. The third-order valence-corrected chi connectivity index (χ3v) is 6.08. The molecule has 0 aliphatic carbocycles. The lowest BCUT2D eigenvalue weighted by molar-refractivity contribution is 0.0652. The zero-order valence-corrected chi connectivity index (χ0v) is 18.0. The van der Waals surface area contributed by atoms with Crippen molar-refractivity contribution in [2.75, 3.05) is 32.7 Å². The number of hydrogen-bond donors (Lipinski definition) is 0. The molecule has 0 bridgehead atoms. The molecule has 2 aliphatic rings. The van der Waals surface area contributed by atoms with E-state index in [0.717, 1.165) is 38.9 Å². The molecule has 0 N–H and O–H groups in total. The Balaban J connectivity index is 1.43. The highest BCUT2D eigenvalue weighted by Crippen LogP contribution is 2.25. The molecule has 2 aromatic carbocycles. The standard InChI is InChI=1S/C25H29N3O3/c1-2-3-14-28-24(30)21-11-10-20(17-22(21)25(28)31)23(29)27-13-7-12-26(15-16-27)18-19-8-5-4-6-9-19/h4-6,8-11,17H,2-3,7,12-16,18H2,1H3. The smallest absolute Gasteiger partial charge is 0.261 e. The monoisotopic (exact) mass is 419 g/mol. The van der Waals surface area contributed by atoms with E-state index in [9.17, 15) is 14.4 Å². The molecule has 1 fully saturated rings. The first-order valence-corrected chi connectivity index (χ1v) is 11.1. The zero-order chi connectivity index (χ0) is 21.8. The van der Waals surface area contributed by atoms with E-state index in [1.54, 1.807) is 18.2 Å². The minimum atomic E-state index is -0.284. The largest absolute Gasteiger partial charge is 0.337 e. The molecule has 162 valence electrons. The van der Waals surface area contributed by atoms with Crippen LogP contribution < -0.4 is 0 Å². The lowest BCUT2D eigenvalue weighted by Crippen LogP contribution is -2.35. The van der Waals surface area contributed by atoms with Crippen molar-refractivity contribution in [3.8, 4) is 0 Å². The van der Waals surface area contributed by atoms with Crippen molar-refractivity contribution in [1.29, 1.82) is 0 Å². The van der Waals surface area contributed by atoms with Crippen molar-refractivity contribution in [3.63, 3.8) is 0 Å². The van der Waals surface area contributed by atoms with Gasteiger partial charge < -0.3 is 4.90 Å². The summed E-state index contributed by atoms with van der Waals surface area (Å²) in [5, 5.41) is 0. The fraction of sp³-hybridized carbons (Fsp3) is 0.400. The SMILES string of the molecule is CCCCN1C(=O)c2ccc(C(=O)N3CCCN(Cc4ccccc4)CC3)cc2C1=O. The van der Waals surface area contributed by atoms with Crippen molar-refractivity contribution in [1.82, 2.24) is 14.7 Å². The van der Waals surface area contributed by atoms with Crippen molar-refractivity contribution < 1.29 is 14.4 Å². The summed E-state index contributed by atoms with van der Waals surface area (Å²) >= 11 is 0. The van der Waals surface area contributed by atoms with Gasteiger partial charge in [-0.1, -0.05) is 43.7 Å². The number of unbranched alkanes of at least 4 members (excludes halogenated alkanes) is 1. The first-order chi connectivity index (χ1) is 15.1. The summed E-state index contributed by atoms with van der Waals surface area (Å²) < 4.78 is 0. The number of nitrogens with zero attached hydrogens (tertiary/aromatic N) is 3. The van der Waals surface area contributed by atoms with Crippen LogP contribution in [0.3, 0.4) is 0 Å². The number of benzene rings is 2. The number of fused-ring (bicyclic) bond motifs is 1. The second-order valence-corrected chi connectivity index (χ2v) is 8.28. The van der Waals surface area contributed by atoms with Gasteiger partial charge in [0.2, 0.25) is 0 Å². The molecule has 2 heterocycles. The van der Waals surface area contributed by atoms with Crippen LogP contribution in [0, 0.1) is 0 Å². The van der Waals surface area contributed by atoms with Crippen LogP contribution in [-0.4, -0.2) is 65.1 Å². The molecule has 3 amide bonds. The minimum absolute atomic E-state index is 0.0726. The van der Waals surface area contributed by atoms with E-state index in [1.807, 2.05) is 30.0 Å². The van der Waals surface area contributed by atoms with Crippen LogP contribution >= 0.6 is 0 Å². The van der Waals surface area contributed by atoms with Crippen LogP contribution in [0.4, 0.5) is 0 Å². The Hall–Kier alpha value is -2.99. The molecule has 1 saturated heterocycles. The summed E-state index contributed by atoms with van der Waals surface area (Å²) in [6.07, 6.45) is 2.60. The number of hydrogen-bond acceptors (Lipinski definition) is 4. The quantitative estimate of drug-likeness (QED) is 0.673. The van der Waals surface area contributed by atoms with Crippen molar-refractivity contribution >= 4 is 17.7 Å². The maximum Gasteiger partial charge on any atom is 0.261 e. The molecular formula is C25H29N3O3. The molecular weight excluding hydrogens is 390 g/mol. The van der Waals surface area contributed by atoms with E-state index < -0.39 is 0 Å².